The molecule has 2 aromatic rings. The number of hydrogen-bond acceptors (Lipinski definition) is 1. The fraction of sp³-hybridized carbons (Fsp3) is 0.133. The Labute approximate surface area is 113 Å². The van der Waals surface area contributed by atoms with E-state index < -0.39 is 11.7 Å². The normalized spacial score (nSPS) is 14.1. The summed E-state index contributed by atoms with van der Waals surface area (Å²) in [5.41, 5.74) is 1.98. The zero-order chi connectivity index (χ0) is 14.3. The quantitative estimate of drug-likeness (QED) is 0.847. The SMILES string of the molecule is O=C1NCc2cccc(-c3ccc(C(F)(F)F)cc3)c21. The Hall–Kier alpha value is -2.30. The molecule has 0 aromatic heterocycles. The Morgan fingerprint density at radius 1 is 1.00 bits per heavy atom. The molecule has 5 heteroatoms. The Kier molecular flexibility index (Phi) is 2.78. The Balaban J connectivity index is 2.07. The largest absolute Gasteiger partial charge is 0.416 e. The molecule has 0 radical (unpaired) electrons. The van der Waals surface area contributed by atoms with E-state index in [-0.39, 0.29) is 5.91 Å². The van der Waals surface area contributed by atoms with Gasteiger partial charge in [-0.05, 0) is 28.8 Å². The van der Waals surface area contributed by atoms with Crippen molar-refractivity contribution in [1.82, 2.24) is 5.32 Å². The number of alkyl halides is 3. The van der Waals surface area contributed by atoms with Crippen molar-refractivity contribution in [1.29, 1.82) is 0 Å². The first-order chi connectivity index (χ1) is 9.47. The average Bonchev–Trinajstić information content (AvgIpc) is 2.80. The van der Waals surface area contributed by atoms with Crippen molar-refractivity contribution in [3.8, 4) is 11.1 Å². The van der Waals surface area contributed by atoms with Gasteiger partial charge in [-0.15, -0.1) is 0 Å². The van der Waals surface area contributed by atoms with E-state index in [0.29, 0.717) is 23.2 Å². The lowest BCUT2D eigenvalue weighted by Crippen LogP contribution is -2.13. The van der Waals surface area contributed by atoms with E-state index >= 15 is 0 Å². The van der Waals surface area contributed by atoms with Crippen molar-refractivity contribution in [2.45, 2.75) is 12.7 Å². The standard InChI is InChI=1S/C15H10F3NO/c16-15(17,18)11-6-4-9(5-7-11)12-3-1-2-10-8-19-14(20)13(10)12/h1-7H,8H2,(H,19,20). The van der Waals surface area contributed by atoms with Gasteiger partial charge in [-0.25, -0.2) is 0 Å². The molecule has 0 fully saturated rings. The van der Waals surface area contributed by atoms with E-state index in [0.717, 1.165) is 17.7 Å². The molecule has 0 bridgehead atoms. The molecule has 102 valence electrons. The minimum Gasteiger partial charge on any atom is -0.348 e. The fourth-order valence-corrected chi connectivity index (χ4v) is 2.36. The lowest BCUT2D eigenvalue weighted by molar-refractivity contribution is -0.137. The van der Waals surface area contributed by atoms with E-state index in [1.807, 2.05) is 6.07 Å². The first-order valence-corrected chi connectivity index (χ1v) is 6.04. The molecule has 0 atom stereocenters. The molecule has 0 aliphatic carbocycles. The molecule has 0 saturated carbocycles. The molecule has 3 rings (SSSR count). The van der Waals surface area contributed by atoms with Gasteiger partial charge in [0.2, 0.25) is 0 Å². The second-order valence-electron chi connectivity index (χ2n) is 4.60. The maximum Gasteiger partial charge on any atom is 0.416 e. The van der Waals surface area contributed by atoms with Gasteiger partial charge in [0, 0.05) is 6.54 Å². The number of halogens is 3. The molecule has 0 unspecified atom stereocenters. The van der Waals surface area contributed by atoms with Gasteiger partial charge in [0.15, 0.2) is 0 Å². The topological polar surface area (TPSA) is 29.1 Å². The lowest BCUT2D eigenvalue weighted by atomic mass is 9.96. The zero-order valence-electron chi connectivity index (χ0n) is 10.3. The number of amides is 1. The molecule has 1 N–H and O–H groups in total. The predicted octanol–water partition coefficient (Wildman–Crippen LogP) is 3.62. The number of fused-ring (bicyclic) bond motifs is 1. The van der Waals surface area contributed by atoms with Crippen LogP contribution in [0.1, 0.15) is 21.5 Å². The van der Waals surface area contributed by atoms with Crippen LogP contribution in [0.15, 0.2) is 42.5 Å². The summed E-state index contributed by atoms with van der Waals surface area (Å²) in [5.74, 6) is -0.185. The average molecular weight is 277 g/mol. The van der Waals surface area contributed by atoms with Gasteiger partial charge < -0.3 is 5.32 Å². The summed E-state index contributed by atoms with van der Waals surface area (Å²) in [6, 6.07) is 10.2. The number of nitrogens with one attached hydrogen (secondary N) is 1. The molecule has 20 heavy (non-hydrogen) atoms. The summed E-state index contributed by atoms with van der Waals surface area (Å²) in [7, 11) is 0. The lowest BCUT2D eigenvalue weighted by Gasteiger charge is -2.09. The summed E-state index contributed by atoms with van der Waals surface area (Å²) in [6.07, 6.45) is -4.35. The van der Waals surface area contributed by atoms with Crippen molar-refractivity contribution >= 4 is 5.91 Å². The first-order valence-electron chi connectivity index (χ1n) is 6.04. The van der Waals surface area contributed by atoms with Crippen LogP contribution in [-0.2, 0) is 12.7 Å². The molecular formula is C15H10F3NO. The van der Waals surface area contributed by atoms with Crippen LogP contribution in [0.5, 0.6) is 0 Å². The minimum atomic E-state index is -4.35. The molecule has 1 amide bonds. The van der Waals surface area contributed by atoms with Crippen LogP contribution in [0, 0.1) is 0 Å². The molecule has 0 spiro atoms. The smallest absolute Gasteiger partial charge is 0.348 e. The summed E-state index contributed by atoms with van der Waals surface area (Å²) >= 11 is 0. The molecule has 2 aromatic carbocycles. The summed E-state index contributed by atoms with van der Waals surface area (Å²) in [4.78, 5) is 11.8. The monoisotopic (exact) mass is 277 g/mol. The highest BCUT2D eigenvalue weighted by Crippen LogP contribution is 2.33. The van der Waals surface area contributed by atoms with E-state index in [1.54, 1.807) is 12.1 Å². The number of carbonyl (C=O) groups excluding carboxylic acids is 1. The highest BCUT2D eigenvalue weighted by Gasteiger charge is 2.30. The summed E-state index contributed by atoms with van der Waals surface area (Å²) in [5, 5.41) is 2.71. The first kappa shape index (κ1) is 12.7. The predicted molar refractivity (Wildman–Crippen MR) is 68.1 cm³/mol. The number of hydrogen-bond donors (Lipinski definition) is 1. The third kappa shape index (κ3) is 2.05. The minimum absolute atomic E-state index is 0.185. The Bertz CT molecular complexity index is 675. The fourth-order valence-electron chi connectivity index (χ4n) is 2.36. The molecular weight excluding hydrogens is 267 g/mol. The van der Waals surface area contributed by atoms with Crippen LogP contribution < -0.4 is 5.32 Å². The van der Waals surface area contributed by atoms with Gasteiger partial charge >= 0.3 is 6.18 Å². The van der Waals surface area contributed by atoms with Gasteiger partial charge in [0.25, 0.3) is 5.91 Å². The van der Waals surface area contributed by atoms with Gasteiger partial charge in [-0.3, -0.25) is 4.79 Å². The summed E-state index contributed by atoms with van der Waals surface area (Å²) in [6.45, 7) is 0.461. The van der Waals surface area contributed by atoms with E-state index in [2.05, 4.69) is 5.32 Å². The molecule has 1 aliphatic heterocycles. The van der Waals surface area contributed by atoms with Crippen LogP contribution in [0.3, 0.4) is 0 Å². The number of benzene rings is 2. The Morgan fingerprint density at radius 3 is 2.35 bits per heavy atom. The van der Waals surface area contributed by atoms with E-state index in [1.165, 1.54) is 12.1 Å². The van der Waals surface area contributed by atoms with Crippen LogP contribution in [0.2, 0.25) is 0 Å². The van der Waals surface area contributed by atoms with Crippen molar-refractivity contribution in [3.63, 3.8) is 0 Å². The second-order valence-corrected chi connectivity index (χ2v) is 4.60. The summed E-state index contributed by atoms with van der Waals surface area (Å²) < 4.78 is 37.6. The van der Waals surface area contributed by atoms with Crippen LogP contribution >= 0.6 is 0 Å². The van der Waals surface area contributed by atoms with Crippen molar-refractivity contribution in [3.05, 3.63) is 59.2 Å². The van der Waals surface area contributed by atoms with Crippen LogP contribution in [-0.4, -0.2) is 5.91 Å². The van der Waals surface area contributed by atoms with Crippen LogP contribution in [0.25, 0.3) is 11.1 Å². The van der Waals surface area contributed by atoms with Gasteiger partial charge in [-0.2, -0.15) is 13.2 Å². The zero-order valence-corrected chi connectivity index (χ0v) is 10.3. The molecule has 1 aliphatic rings. The van der Waals surface area contributed by atoms with E-state index in [9.17, 15) is 18.0 Å². The highest BCUT2D eigenvalue weighted by atomic mass is 19.4. The van der Waals surface area contributed by atoms with Gasteiger partial charge in [-0.1, -0.05) is 30.3 Å². The van der Waals surface area contributed by atoms with Gasteiger partial charge in [0.05, 0.1) is 11.1 Å². The number of carbonyl (C=O) groups is 1. The van der Waals surface area contributed by atoms with Gasteiger partial charge in [0.1, 0.15) is 0 Å². The van der Waals surface area contributed by atoms with Crippen molar-refractivity contribution in [2.75, 3.05) is 0 Å². The third-order valence-electron chi connectivity index (χ3n) is 3.34. The number of rotatable bonds is 1. The molecule has 0 saturated heterocycles. The maximum atomic E-state index is 12.5. The maximum absolute atomic E-state index is 12.5. The molecule has 2 nitrogen and oxygen atoms in total. The van der Waals surface area contributed by atoms with Crippen LogP contribution in [0.4, 0.5) is 13.2 Å². The third-order valence-corrected chi connectivity index (χ3v) is 3.34. The second kappa shape index (κ2) is 4.37. The highest BCUT2D eigenvalue weighted by molar-refractivity contribution is 6.04. The van der Waals surface area contributed by atoms with E-state index in [4.69, 9.17) is 0 Å². The Morgan fingerprint density at radius 2 is 1.70 bits per heavy atom. The van der Waals surface area contributed by atoms with Crippen molar-refractivity contribution in [2.24, 2.45) is 0 Å². The molecule has 1 heterocycles. The van der Waals surface area contributed by atoms with Crippen molar-refractivity contribution < 1.29 is 18.0 Å².